The van der Waals surface area contributed by atoms with Crippen molar-refractivity contribution in [2.45, 2.75) is 62.6 Å². The van der Waals surface area contributed by atoms with E-state index in [4.69, 9.17) is 27.9 Å². The van der Waals surface area contributed by atoms with Gasteiger partial charge in [-0.3, -0.25) is 13.9 Å². The second-order valence-electron chi connectivity index (χ2n) is 10.2. The first kappa shape index (κ1) is 31.7. The quantitative estimate of drug-likeness (QED) is 0.262. The molecule has 0 radical (unpaired) electrons. The van der Waals surface area contributed by atoms with Crippen LogP contribution < -0.4 is 14.4 Å². The average Bonchev–Trinajstić information content (AvgIpc) is 3.50. The molecule has 1 saturated carbocycles. The number of methoxy groups -OCH3 is 1. The molecule has 0 saturated heterocycles. The van der Waals surface area contributed by atoms with Gasteiger partial charge in [-0.15, -0.1) is 0 Å². The summed E-state index contributed by atoms with van der Waals surface area (Å²) < 4.78 is 34.2. The van der Waals surface area contributed by atoms with E-state index in [1.807, 2.05) is 13.0 Å². The molecule has 1 N–H and O–H groups in total. The molecule has 4 rings (SSSR count). The highest BCUT2D eigenvalue weighted by atomic mass is 35.5. The molecule has 1 fully saturated rings. The molecule has 8 nitrogen and oxygen atoms in total. The predicted octanol–water partition coefficient (Wildman–Crippen LogP) is 6.06. The minimum absolute atomic E-state index is 0.00855. The van der Waals surface area contributed by atoms with Crippen LogP contribution >= 0.6 is 23.2 Å². The van der Waals surface area contributed by atoms with Crippen LogP contribution in [0.25, 0.3) is 0 Å². The third kappa shape index (κ3) is 7.56. The van der Waals surface area contributed by atoms with Crippen molar-refractivity contribution in [1.82, 2.24) is 10.2 Å². The van der Waals surface area contributed by atoms with Crippen LogP contribution in [0.15, 0.2) is 77.7 Å². The van der Waals surface area contributed by atoms with Crippen LogP contribution in [0, 0.1) is 0 Å². The number of sulfonamides is 1. The Labute approximate surface area is 257 Å². The summed E-state index contributed by atoms with van der Waals surface area (Å²) in [7, 11) is -2.65. The van der Waals surface area contributed by atoms with Gasteiger partial charge < -0.3 is 15.0 Å². The maximum Gasteiger partial charge on any atom is 0.264 e. The van der Waals surface area contributed by atoms with Crippen LogP contribution in [-0.4, -0.2) is 50.9 Å². The van der Waals surface area contributed by atoms with E-state index in [1.165, 1.54) is 35.2 Å². The summed E-state index contributed by atoms with van der Waals surface area (Å²) in [6, 6.07) is 18.7. The standard InChI is InChI=1S/C31H35Cl2N3O5S/c1-3-29(31(38)34-23-11-7-8-12-23)35(20-22-10-9-13-25(18-22)41-2)30(37)21-36(24-16-17-27(32)28(33)19-24)42(39,40)26-14-5-4-6-15-26/h4-6,9-10,13-19,23,29H,3,7-8,11-12,20-21H2,1-2H3,(H,34,38)/t29-/m0/s1. The van der Waals surface area contributed by atoms with Gasteiger partial charge in [-0.05, 0) is 67.3 Å². The summed E-state index contributed by atoms with van der Waals surface area (Å²) in [6.07, 6.45) is 4.22. The van der Waals surface area contributed by atoms with Gasteiger partial charge in [0.25, 0.3) is 10.0 Å². The lowest BCUT2D eigenvalue weighted by Crippen LogP contribution is -2.53. The van der Waals surface area contributed by atoms with Gasteiger partial charge in [0.1, 0.15) is 18.3 Å². The van der Waals surface area contributed by atoms with E-state index >= 15 is 0 Å². The van der Waals surface area contributed by atoms with Crippen molar-refractivity contribution in [3.63, 3.8) is 0 Å². The highest BCUT2D eigenvalue weighted by molar-refractivity contribution is 7.92. The predicted molar refractivity (Wildman–Crippen MR) is 165 cm³/mol. The zero-order valence-electron chi connectivity index (χ0n) is 23.6. The van der Waals surface area contributed by atoms with Crippen molar-refractivity contribution in [1.29, 1.82) is 0 Å². The number of carbonyl (C=O) groups is 2. The zero-order chi connectivity index (χ0) is 30.3. The fourth-order valence-electron chi connectivity index (χ4n) is 5.14. The maximum absolute atomic E-state index is 14.2. The zero-order valence-corrected chi connectivity index (χ0v) is 26.0. The van der Waals surface area contributed by atoms with Crippen molar-refractivity contribution in [2.75, 3.05) is 18.0 Å². The van der Waals surface area contributed by atoms with Crippen LogP contribution in [0.2, 0.25) is 10.0 Å². The van der Waals surface area contributed by atoms with Crippen molar-refractivity contribution in [3.8, 4) is 5.75 Å². The second-order valence-corrected chi connectivity index (χ2v) is 12.9. The van der Waals surface area contributed by atoms with E-state index < -0.39 is 28.5 Å². The Morgan fingerprint density at radius 2 is 1.69 bits per heavy atom. The van der Waals surface area contributed by atoms with Crippen molar-refractivity contribution in [2.24, 2.45) is 0 Å². The van der Waals surface area contributed by atoms with Crippen molar-refractivity contribution in [3.05, 3.63) is 88.4 Å². The summed E-state index contributed by atoms with van der Waals surface area (Å²) in [5, 5.41) is 3.50. The molecule has 42 heavy (non-hydrogen) atoms. The number of anilines is 1. The summed E-state index contributed by atoms with van der Waals surface area (Å²) in [5.41, 5.74) is 0.910. The molecule has 3 aromatic carbocycles. The molecule has 1 aliphatic carbocycles. The normalized spacial score (nSPS) is 14.3. The summed E-state index contributed by atoms with van der Waals surface area (Å²) in [6.45, 7) is 1.35. The van der Waals surface area contributed by atoms with E-state index in [-0.39, 0.29) is 39.1 Å². The number of nitrogens with zero attached hydrogens (tertiary/aromatic N) is 2. The summed E-state index contributed by atoms with van der Waals surface area (Å²) >= 11 is 12.4. The monoisotopic (exact) mass is 631 g/mol. The van der Waals surface area contributed by atoms with Crippen LogP contribution in [0.4, 0.5) is 5.69 Å². The molecule has 0 unspecified atom stereocenters. The molecule has 11 heteroatoms. The summed E-state index contributed by atoms with van der Waals surface area (Å²) in [5.74, 6) is -0.197. The first-order chi connectivity index (χ1) is 20.1. The number of benzene rings is 3. The molecule has 2 amide bonds. The third-order valence-electron chi connectivity index (χ3n) is 7.38. The third-order valence-corrected chi connectivity index (χ3v) is 9.90. The van der Waals surface area contributed by atoms with E-state index in [1.54, 1.807) is 43.5 Å². The minimum atomic E-state index is -4.20. The fraction of sp³-hybridized carbons (Fsp3) is 0.355. The van der Waals surface area contributed by atoms with E-state index in [0.29, 0.717) is 12.2 Å². The Hall–Kier alpha value is -3.27. The average molecular weight is 633 g/mol. The summed E-state index contributed by atoms with van der Waals surface area (Å²) in [4.78, 5) is 29.2. The molecule has 0 aromatic heterocycles. The number of amides is 2. The van der Waals surface area contributed by atoms with E-state index in [2.05, 4.69) is 5.32 Å². The lowest BCUT2D eigenvalue weighted by atomic mass is 10.1. The molecular formula is C31H35Cl2N3O5S. The van der Waals surface area contributed by atoms with Gasteiger partial charge in [0.15, 0.2) is 0 Å². The molecule has 1 aliphatic rings. The lowest BCUT2D eigenvalue weighted by molar-refractivity contribution is -0.140. The Morgan fingerprint density at radius 1 is 0.976 bits per heavy atom. The second kappa shape index (κ2) is 14.3. The number of rotatable bonds is 12. The van der Waals surface area contributed by atoms with Gasteiger partial charge in [-0.2, -0.15) is 0 Å². The minimum Gasteiger partial charge on any atom is -0.497 e. The van der Waals surface area contributed by atoms with Gasteiger partial charge in [-0.1, -0.05) is 73.3 Å². The SMILES string of the molecule is CC[C@@H](C(=O)NC1CCCC1)N(Cc1cccc(OC)c1)C(=O)CN(c1ccc(Cl)c(Cl)c1)S(=O)(=O)c1ccccc1. The number of hydrogen-bond acceptors (Lipinski definition) is 5. The van der Waals surface area contributed by atoms with Gasteiger partial charge in [0.05, 0.1) is 27.7 Å². The van der Waals surface area contributed by atoms with Crippen molar-refractivity contribution >= 4 is 50.7 Å². The molecular weight excluding hydrogens is 597 g/mol. The first-order valence-corrected chi connectivity index (χ1v) is 16.1. The smallest absolute Gasteiger partial charge is 0.264 e. The Balaban J connectivity index is 1.73. The number of carbonyl (C=O) groups excluding carboxylic acids is 2. The Bertz CT molecular complexity index is 1500. The number of hydrogen-bond donors (Lipinski definition) is 1. The molecule has 224 valence electrons. The van der Waals surface area contributed by atoms with Gasteiger partial charge in [0.2, 0.25) is 11.8 Å². The van der Waals surface area contributed by atoms with Gasteiger partial charge in [-0.25, -0.2) is 8.42 Å². The Morgan fingerprint density at radius 3 is 2.33 bits per heavy atom. The highest BCUT2D eigenvalue weighted by Crippen LogP contribution is 2.31. The topological polar surface area (TPSA) is 96.0 Å². The van der Waals surface area contributed by atoms with E-state index in [9.17, 15) is 18.0 Å². The molecule has 0 bridgehead atoms. The lowest BCUT2D eigenvalue weighted by Gasteiger charge is -2.34. The molecule has 3 aromatic rings. The fourth-order valence-corrected chi connectivity index (χ4v) is 6.86. The van der Waals surface area contributed by atoms with E-state index in [0.717, 1.165) is 35.6 Å². The number of halogens is 2. The molecule has 0 heterocycles. The van der Waals surface area contributed by atoms with Crippen LogP contribution in [-0.2, 0) is 26.2 Å². The highest BCUT2D eigenvalue weighted by Gasteiger charge is 2.34. The Kier molecular flexibility index (Phi) is 10.8. The largest absolute Gasteiger partial charge is 0.497 e. The van der Waals surface area contributed by atoms with Crippen molar-refractivity contribution < 1.29 is 22.7 Å². The van der Waals surface area contributed by atoms with Crippen LogP contribution in [0.3, 0.4) is 0 Å². The van der Waals surface area contributed by atoms with Gasteiger partial charge in [0, 0.05) is 12.6 Å². The number of nitrogens with one attached hydrogen (secondary N) is 1. The van der Waals surface area contributed by atoms with Crippen LogP contribution in [0.1, 0.15) is 44.6 Å². The molecule has 1 atom stereocenters. The van der Waals surface area contributed by atoms with Gasteiger partial charge >= 0.3 is 0 Å². The molecule has 0 aliphatic heterocycles. The van der Waals surface area contributed by atoms with Crippen LogP contribution in [0.5, 0.6) is 5.75 Å². The maximum atomic E-state index is 14.2. The molecule has 0 spiro atoms. The first-order valence-electron chi connectivity index (χ1n) is 13.9. The number of ether oxygens (including phenoxy) is 1.